The molecule has 0 aliphatic carbocycles. The smallest absolute Gasteiger partial charge is 0.246 e. The zero-order chi connectivity index (χ0) is 21.2. The minimum Gasteiger partial charge on any atom is -0.365 e. The number of aromatic amines is 1. The van der Waals surface area contributed by atoms with Crippen molar-refractivity contribution in [2.45, 2.75) is 19.0 Å². The van der Waals surface area contributed by atoms with Gasteiger partial charge in [-0.25, -0.2) is 9.97 Å². The summed E-state index contributed by atoms with van der Waals surface area (Å²) in [6.45, 7) is 5.40. The number of carbonyl (C=O) groups excluding carboxylic acids is 1. The maximum absolute atomic E-state index is 11.8. The van der Waals surface area contributed by atoms with Gasteiger partial charge in [-0.05, 0) is 30.6 Å². The number of likely N-dealkylation sites (tertiary alicyclic amines) is 1. The highest BCUT2D eigenvalue weighted by Gasteiger charge is 2.25. The number of benzene rings is 1. The number of hydrogen-bond acceptors (Lipinski definition) is 5. The SMILES string of the molecule is C=CC(=O)N1CCC(Nc2ncnc3[nH]c(C#CCn4ncc5ccccc54)cc23)C1. The zero-order valence-electron chi connectivity index (χ0n) is 16.9. The first-order chi connectivity index (χ1) is 15.2. The highest BCUT2D eigenvalue weighted by molar-refractivity contribution is 5.89. The van der Waals surface area contributed by atoms with Crippen molar-refractivity contribution < 1.29 is 4.79 Å². The number of fused-ring (bicyclic) bond motifs is 2. The Labute approximate surface area is 179 Å². The number of hydrogen-bond donors (Lipinski definition) is 2. The van der Waals surface area contributed by atoms with Crippen LogP contribution in [-0.2, 0) is 11.3 Å². The predicted molar refractivity (Wildman–Crippen MR) is 119 cm³/mol. The van der Waals surface area contributed by atoms with E-state index in [1.54, 1.807) is 4.90 Å². The minimum atomic E-state index is -0.0405. The van der Waals surface area contributed by atoms with Crippen LogP contribution in [-0.4, -0.2) is 54.7 Å². The lowest BCUT2D eigenvalue weighted by Crippen LogP contribution is -2.30. The van der Waals surface area contributed by atoms with Gasteiger partial charge in [-0.15, -0.1) is 0 Å². The molecule has 4 heterocycles. The molecule has 0 spiro atoms. The molecule has 154 valence electrons. The fourth-order valence-electron chi connectivity index (χ4n) is 3.88. The van der Waals surface area contributed by atoms with E-state index in [0.29, 0.717) is 19.6 Å². The van der Waals surface area contributed by atoms with Crippen molar-refractivity contribution in [3.05, 3.63) is 61.2 Å². The zero-order valence-corrected chi connectivity index (χ0v) is 16.9. The monoisotopic (exact) mass is 411 g/mol. The standard InChI is InChI=1S/C23H21N7O/c1-2-21(31)29-11-9-18(14-29)28-23-19-12-17(27-22(19)24-15-25-23)7-5-10-30-20-8-4-3-6-16(20)13-26-30/h2-4,6,8,12-13,15,18H,1,9-11,14H2,(H2,24,25,27,28). The Morgan fingerprint density at radius 2 is 2.26 bits per heavy atom. The Kier molecular flexibility index (Phi) is 4.84. The van der Waals surface area contributed by atoms with Gasteiger partial charge in [-0.1, -0.05) is 30.7 Å². The number of aromatic nitrogens is 5. The molecule has 1 unspecified atom stereocenters. The van der Waals surface area contributed by atoms with Crippen LogP contribution in [0.1, 0.15) is 12.1 Å². The summed E-state index contributed by atoms with van der Waals surface area (Å²) in [6.07, 6.45) is 5.59. The van der Waals surface area contributed by atoms with Gasteiger partial charge in [0.1, 0.15) is 24.3 Å². The van der Waals surface area contributed by atoms with Crippen molar-refractivity contribution in [1.29, 1.82) is 0 Å². The van der Waals surface area contributed by atoms with E-state index in [2.05, 4.69) is 43.8 Å². The van der Waals surface area contributed by atoms with Crippen molar-refractivity contribution in [1.82, 2.24) is 29.6 Å². The van der Waals surface area contributed by atoms with Crippen molar-refractivity contribution in [2.75, 3.05) is 18.4 Å². The second kappa shape index (κ2) is 7.95. The van der Waals surface area contributed by atoms with Gasteiger partial charge in [0.15, 0.2) is 0 Å². The predicted octanol–water partition coefficient (Wildman–Crippen LogP) is 2.56. The van der Waals surface area contributed by atoms with Crippen LogP contribution in [0.5, 0.6) is 0 Å². The second-order valence-electron chi connectivity index (χ2n) is 7.45. The third-order valence-electron chi connectivity index (χ3n) is 5.44. The van der Waals surface area contributed by atoms with Crippen LogP contribution in [0, 0.1) is 11.8 Å². The normalized spacial score (nSPS) is 15.7. The Morgan fingerprint density at radius 3 is 3.16 bits per heavy atom. The highest BCUT2D eigenvalue weighted by Crippen LogP contribution is 2.23. The van der Waals surface area contributed by atoms with Crippen LogP contribution in [0.15, 0.2) is 55.5 Å². The summed E-state index contributed by atoms with van der Waals surface area (Å²) in [7, 11) is 0. The Morgan fingerprint density at radius 1 is 1.35 bits per heavy atom. The van der Waals surface area contributed by atoms with E-state index in [0.717, 1.165) is 39.9 Å². The topological polar surface area (TPSA) is 91.7 Å². The number of anilines is 1. The van der Waals surface area contributed by atoms with Crippen LogP contribution < -0.4 is 5.32 Å². The number of amides is 1. The van der Waals surface area contributed by atoms with E-state index in [9.17, 15) is 4.79 Å². The summed E-state index contributed by atoms with van der Waals surface area (Å²) in [4.78, 5) is 25.6. The van der Waals surface area contributed by atoms with Gasteiger partial charge in [-0.3, -0.25) is 9.48 Å². The van der Waals surface area contributed by atoms with Crippen LogP contribution >= 0.6 is 0 Å². The maximum Gasteiger partial charge on any atom is 0.246 e. The summed E-state index contributed by atoms with van der Waals surface area (Å²) in [5.41, 5.74) is 2.56. The van der Waals surface area contributed by atoms with Gasteiger partial charge in [0.05, 0.1) is 22.8 Å². The molecule has 31 heavy (non-hydrogen) atoms. The minimum absolute atomic E-state index is 0.0405. The summed E-state index contributed by atoms with van der Waals surface area (Å²) in [5, 5.41) is 9.82. The van der Waals surface area contributed by atoms with Gasteiger partial charge in [-0.2, -0.15) is 5.10 Å². The van der Waals surface area contributed by atoms with E-state index in [1.807, 2.05) is 41.2 Å². The van der Waals surface area contributed by atoms with Crippen LogP contribution in [0.25, 0.3) is 21.9 Å². The molecule has 1 atom stereocenters. The third kappa shape index (κ3) is 3.73. The molecule has 1 saturated heterocycles. The van der Waals surface area contributed by atoms with Crippen molar-refractivity contribution >= 4 is 33.7 Å². The highest BCUT2D eigenvalue weighted by atomic mass is 16.2. The van der Waals surface area contributed by atoms with Gasteiger partial charge in [0.25, 0.3) is 0 Å². The molecule has 8 nitrogen and oxygen atoms in total. The number of rotatable bonds is 4. The largest absolute Gasteiger partial charge is 0.365 e. The maximum atomic E-state index is 11.8. The summed E-state index contributed by atoms with van der Waals surface area (Å²) in [5.74, 6) is 7.03. The second-order valence-corrected chi connectivity index (χ2v) is 7.45. The molecular weight excluding hydrogens is 390 g/mol. The molecule has 1 aliphatic heterocycles. The molecule has 1 fully saturated rings. The molecule has 0 saturated carbocycles. The average molecular weight is 411 g/mol. The molecule has 5 rings (SSSR count). The van der Waals surface area contributed by atoms with E-state index in [4.69, 9.17) is 0 Å². The molecule has 2 N–H and O–H groups in total. The van der Waals surface area contributed by atoms with Crippen LogP contribution in [0.2, 0.25) is 0 Å². The third-order valence-corrected chi connectivity index (χ3v) is 5.44. The number of nitrogens with zero attached hydrogens (tertiary/aromatic N) is 5. The summed E-state index contributed by atoms with van der Waals surface area (Å²) >= 11 is 0. The lowest BCUT2D eigenvalue weighted by atomic mass is 10.2. The fraction of sp³-hybridized carbons (Fsp3) is 0.217. The van der Waals surface area contributed by atoms with Gasteiger partial charge >= 0.3 is 0 Å². The summed E-state index contributed by atoms with van der Waals surface area (Å²) in [6, 6.07) is 10.2. The number of para-hydroxylation sites is 1. The molecule has 1 aliphatic rings. The van der Waals surface area contributed by atoms with E-state index in [1.165, 1.54) is 12.4 Å². The summed E-state index contributed by atoms with van der Waals surface area (Å²) < 4.78 is 1.88. The van der Waals surface area contributed by atoms with Crippen LogP contribution in [0.3, 0.4) is 0 Å². The molecule has 3 aromatic heterocycles. The lowest BCUT2D eigenvalue weighted by molar-refractivity contribution is -0.125. The van der Waals surface area contributed by atoms with Crippen molar-refractivity contribution in [2.24, 2.45) is 0 Å². The quantitative estimate of drug-likeness (QED) is 0.398. The Hall–Kier alpha value is -4.12. The van der Waals surface area contributed by atoms with Crippen molar-refractivity contribution in [3.8, 4) is 11.8 Å². The van der Waals surface area contributed by atoms with E-state index < -0.39 is 0 Å². The van der Waals surface area contributed by atoms with Gasteiger partial charge < -0.3 is 15.2 Å². The number of H-pyrrole nitrogens is 1. The van der Waals surface area contributed by atoms with E-state index in [-0.39, 0.29) is 11.9 Å². The molecule has 0 bridgehead atoms. The first kappa shape index (κ1) is 18.9. The first-order valence-corrected chi connectivity index (χ1v) is 10.1. The fourth-order valence-corrected chi connectivity index (χ4v) is 3.88. The molecule has 0 radical (unpaired) electrons. The Bertz CT molecular complexity index is 1340. The number of carbonyl (C=O) groups is 1. The lowest BCUT2D eigenvalue weighted by Gasteiger charge is -2.15. The average Bonchev–Trinajstić information content (AvgIpc) is 3.52. The van der Waals surface area contributed by atoms with Crippen LogP contribution in [0.4, 0.5) is 5.82 Å². The Balaban J connectivity index is 1.33. The van der Waals surface area contributed by atoms with E-state index >= 15 is 0 Å². The van der Waals surface area contributed by atoms with Crippen molar-refractivity contribution in [3.63, 3.8) is 0 Å². The van der Waals surface area contributed by atoms with Gasteiger partial charge in [0.2, 0.25) is 5.91 Å². The molecule has 1 amide bonds. The number of nitrogens with one attached hydrogen (secondary N) is 2. The molecule has 4 aromatic rings. The molecule has 8 heteroatoms. The molecule has 1 aromatic carbocycles. The molecular formula is C23H21N7O. The first-order valence-electron chi connectivity index (χ1n) is 10.1. The van der Waals surface area contributed by atoms with Gasteiger partial charge in [0, 0.05) is 24.5 Å².